The highest BCUT2D eigenvalue weighted by atomic mass is 32.2. The second kappa shape index (κ2) is 10.1. The van der Waals surface area contributed by atoms with Crippen LogP contribution in [0.25, 0.3) is 5.78 Å². The van der Waals surface area contributed by atoms with Crippen LogP contribution in [0.15, 0.2) is 29.4 Å². The Balaban J connectivity index is 1.80. The van der Waals surface area contributed by atoms with E-state index in [1.54, 1.807) is 0 Å². The van der Waals surface area contributed by atoms with Gasteiger partial charge in [0.25, 0.3) is 5.78 Å². The maximum Gasteiger partial charge on any atom is 0.253 e. The van der Waals surface area contributed by atoms with Gasteiger partial charge in [-0.05, 0) is 50.3 Å². The van der Waals surface area contributed by atoms with Crippen LogP contribution >= 0.6 is 11.8 Å². The van der Waals surface area contributed by atoms with Crippen LogP contribution in [-0.4, -0.2) is 49.2 Å². The molecule has 0 saturated carbocycles. The third-order valence-corrected chi connectivity index (χ3v) is 6.14. The fourth-order valence-electron chi connectivity index (χ4n) is 3.62. The van der Waals surface area contributed by atoms with E-state index >= 15 is 0 Å². The van der Waals surface area contributed by atoms with Gasteiger partial charge in [-0.1, -0.05) is 49.9 Å². The Labute approximate surface area is 183 Å². The normalized spacial score (nSPS) is 11.2. The summed E-state index contributed by atoms with van der Waals surface area (Å²) in [5.74, 6) is 1.08. The number of benzene rings is 1. The van der Waals surface area contributed by atoms with E-state index in [4.69, 9.17) is 0 Å². The van der Waals surface area contributed by atoms with Gasteiger partial charge in [0.15, 0.2) is 0 Å². The van der Waals surface area contributed by atoms with Crippen LogP contribution in [0.1, 0.15) is 54.8 Å². The summed E-state index contributed by atoms with van der Waals surface area (Å²) in [5.41, 5.74) is 5.75. The first-order valence-electron chi connectivity index (χ1n) is 10.6. The van der Waals surface area contributed by atoms with Crippen molar-refractivity contribution in [2.45, 2.75) is 59.0 Å². The summed E-state index contributed by atoms with van der Waals surface area (Å²) in [4.78, 5) is 23.7. The quantitative estimate of drug-likeness (QED) is 0.476. The van der Waals surface area contributed by atoms with Crippen molar-refractivity contribution < 1.29 is 4.79 Å². The summed E-state index contributed by atoms with van der Waals surface area (Å²) in [6, 6.07) is 8.42. The second-order valence-electron chi connectivity index (χ2n) is 7.64. The molecule has 0 spiro atoms. The highest BCUT2D eigenvalue weighted by molar-refractivity contribution is 7.99. The number of aromatic nitrogens is 4. The van der Waals surface area contributed by atoms with Crippen LogP contribution in [0.3, 0.4) is 0 Å². The average molecular weight is 426 g/mol. The lowest BCUT2D eigenvalue weighted by molar-refractivity contribution is -0.128. The molecule has 1 amide bonds. The number of amides is 1. The van der Waals surface area contributed by atoms with Gasteiger partial charge < -0.3 is 4.90 Å². The van der Waals surface area contributed by atoms with Gasteiger partial charge in [-0.15, -0.1) is 5.10 Å². The summed E-state index contributed by atoms with van der Waals surface area (Å²) < 4.78 is 1.81. The van der Waals surface area contributed by atoms with E-state index in [1.165, 1.54) is 28.5 Å². The molecule has 0 N–H and O–H groups in total. The van der Waals surface area contributed by atoms with Crippen LogP contribution in [-0.2, 0) is 11.2 Å². The lowest BCUT2D eigenvalue weighted by atomic mass is 9.99. The van der Waals surface area contributed by atoms with Crippen LogP contribution in [0.2, 0.25) is 0 Å². The standard InChI is InChI=1S/C23H31N5OS/c1-6-12-27(13-7-2)21(29)15-30-23-25-22-24-17(4)20(18(5)28(22)26-23)14-19-11-9-8-10-16(19)3/h8-11H,6-7,12-15H2,1-5H3. The van der Waals surface area contributed by atoms with Crippen molar-refractivity contribution in [2.75, 3.05) is 18.8 Å². The molecule has 1 aromatic carbocycles. The van der Waals surface area contributed by atoms with Crippen molar-refractivity contribution >= 4 is 23.4 Å². The fourth-order valence-corrected chi connectivity index (χ4v) is 4.35. The molecular weight excluding hydrogens is 394 g/mol. The van der Waals surface area contributed by atoms with E-state index in [9.17, 15) is 4.79 Å². The van der Waals surface area contributed by atoms with Gasteiger partial charge in [-0.3, -0.25) is 4.79 Å². The minimum Gasteiger partial charge on any atom is -0.342 e. The van der Waals surface area contributed by atoms with Gasteiger partial charge in [0.1, 0.15) is 0 Å². The molecule has 160 valence electrons. The Morgan fingerprint density at radius 2 is 1.77 bits per heavy atom. The molecule has 6 nitrogen and oxygen atoms in total. The third kappa shape index (κ3) is 5.01. The molecule has 0 bridgehead atoms. The van der Waals surface area contributed by atoms with Crippen LogP contribution < -0.4 is 0 Å². The molecule has 0 aliphatic rings. The molecule has 2 heterocycles. The van der Waals surface area contributed by atoms with Crippen molar-refractivity contribution in [3.63, 3.8) is 0 Å². The van der Waals surface area contributed by atoms with E-state index in [0.717, 1.165) is 43.7 Å². The first-order valence-corrected chi connectivity index (χ1v) is 11.6. The van der Waals surface area contributed by atoms with Gasteiger partial charge >= 0.3 is 0 Å². The van der Waals surface area contributed by atoms with E-state index in [0.29, 0.717) is 16.7 Å². The minimum atomic E-state index is 0.142. The maximum absolute atomic E-state index is 12.5. The van der Waals surface area contributed by atoms with E-state index in [-0.39, 0.29) is 5.91 Å². The predicted octanol–water partition coefficient (Wildman–Crippen LogP) is 4.38. The van der Waals surface area contributed by atoms with Crippen molar-refractivity contribution in [3.8, 4) is 0 Å². The van der Waals surface area contributed by atoms with Gasteiger partial charge in [0, 0.05) is 30.9 Å². The van der Waals surface area contributed by atoms with Crippen molar-refractivity contribution in [1.82, 2.24) is 24.5 Å². The molecular formula is C23H31N5OS. The van der Waals surface area contributed by atoms with Gasteiger partial charge in [0.05, 0.1) is 5.75 Å². The average Bonchev–Trinajstić information content (AvgIpc) is 3.13. The maximum atomic E-state index is 12.5. The number of nitrogens with zero attached hydrogens (tertiary/aromatic N) is 5. The Bertz CT molecular complexity index is 1020. The second-order valence-corrected chi connectivity index (χ2v) is 8.58. The molecule has 0 aliphatic carbocycles. The molecule has 3 rings (SSSR count). The summed E-state index contributed by atoms with van der Waals surface area (Å²) in [6.45, 7) is 12.0. The predicted molar refractivity (Wildman–Crippen MR) is 122 cm³/mol. The van der Waals surface area contributed by atoms with E-state index in [2.05, 4.69) is 67.0 Å². The largest absolute Gasteiger partial charge is 0.342 e. The summed E-state index contributed by atoms with van der Waals surface area (Å²) in [7, 11) is 0. The lowest BCUT2D eigenvalue weighted by Gasteiger charge is -2.20. The Morgan fingerprint density at radius 3 is 2.43 bits per heavy atom. The highest BCUT2D eigenvalue weighted by Crippen LogP contribution is 2.22. The van der Waals surface area contributed by atoms with E-state index < -0.39 is 0 Å². The van der Waals surface area contributed by atoms with Crippen LogP contribution in [0.5, 0.6) is 0 Å². The molecule has 7 heteroatoms. The molecule has 2 aromatic heterocycles. The molecule has 0 aliphatic heterocycles. The van der Waals surface area contributed by atoms with Gasteiger partial charge in [0.2, 0.25) is 11.1 Å². The fraction of sp³-hybridized carbons (Fsp3) is 0.478. The van der Waals surface area contributed by atoms with Crippen molar-refractivity contribution in [2.24, 2.45) is 0 Å². The number of aryl methyl sites for hydroxylation is 3. The first-order chi connectivity index (χ1) is 14.4. The molecule has 0 unspecified atom stereocenters. The Morgan fingerprint density at radius 1 is 1.07 bits per heavy atom. The lowest BCUT2D eigenvalue weighted by Crippen LogP contribution is -2.33. The molecule has 0 atom stereocenters. The summed E-state index contributed by atoms with van der Waals surface area (Å²) >= 11 is 1.39. The summed E-state index contributed by atoms with van der Waals surface area (Å²) in [6.07, 6.45) is 2.75. The Hall–Kier alpha value is -2.41. The topological polar surface area (TPSA) is 63.4 Å². The zero-order chi connectivity index (χ0) is 21.7. The molecule has 3 aromatic rings. The molecule has 0 fully saturated rings. The zero-order valence-electron chi connectivity index (χ0n) is 18.6. The zero-order valence-corrected chi connectivity index (χ0v) is 19.4. The van der Waals surface area contributed by atoms with E-state index in [1.807, 2.05) is 16.3 Å². The minimum absolute atomic E-state index is 0.142. The number of carbonyl (C=O) groups excluding carboxylic acids is 1. The summed E-state index contributed by atoms with van der Waals surface area (Å²) in [5, 5.41) is 5.23. The number of thioether (sulfide) groups is 1. The monoisotopic (exact) mass is 425 g/mol. The van der Waals surface area contributed by atoms with Crippen LogP contribution in [0.4, 0.5) is 0 Å². The molecule has 30 heavy (non-hydrogen) atoms. The smallest absolute Gasteiger partial charge is 0.253 e. The SMILES string of the molecule is CCCN(CCC)C(=O)CSc1nc2nc(C)c(Cc3ccccc3C)c(C)n2n1. The van der Waals surface area contributed by atoms with Crippen LogP contribution in [0, 0.1) is 20.8 Å². The molecule has 0 radical (unpaired) electrons. The number of rotatable bonds is 9. The van der Waals surface area contributed by atoms with Gasteiger partial charge in [-0.2, -0.15) is 4.98 Å². The third-order valence-electron chi connectivity index (χ3n) is 5.32. The number of fused-ring (bicyclic) bond motifs is 1. The number of hydrogen-bond donors (Lipinski definition) is 0. The highest BCUT2D eigenvalue weighted by Gasteiger charge is 2.17. The number of hydrogen-bond acceptors (Lipinski definition) is 5. The number of carbonyl (C=O) groups is 1. The van der Waals surface area contributed by atoms with Crippen molar-refractivity contribution in [1.29, 1.82) is 0 Å². The van der Waals surface area contributed by atoms with Crippen molar-refractivity contribution in [3.05, 3.63) is 52.3 Å². The Kier molecular flexibility index (Phi) is 7.48. The molecule has 0 saturated heterocycles. The first kappa shape index (κ1) is 22.3. The van der Waals surface area contributed by atoms with Gasteiger partial charge in [-0.25, -0.2) is 9.50 Å².